The zero-order valence-corrected chi connectivity index (χ0v) is 31.3. The van der Waals surface area contributed by atoms with E-state index in [0.717, 1.165) is 0 Å². The maximum Gasteiger partial charge on any atom is 0.315 e. The van der Waals surface area contributed by atoms with E-state index in [0.29, 0.717) is 25.9 Å². The van der Waals surface area contributed by atoms with Gasteiger partial charge in [-0.15, -0.1) is 6.58 Å². The number of Topliss-reactive ketones (excluding diaryl/α,β-unsaturated/α-hetero) is 1. The highest BCUT2D eigenvalue weighted by atomic mass is 32.2. The lowest BCUT2D eigenvalue weighted by atomic mass is 9.84. The molecule has 2 fully saturated rings. The fraction of sp³-hybridized carbons (Fsp3) is 0.788. The maximum absolute atomic E-state index is 14.3. The van der Waals surface area contributed by atoms with Gasteiger partial charge in [0.05, 0.1) is 6.04 Å². The van der Waals surface area contributed by atoms with Gasteiger partial charge in [-0.05, 0) is 35.5 Å². The summed E-state index contributed by atoms with van der Waals surface area (Å²) in [7, 11) is -2.12. The predicted molar refractivity (Wildman–Crippen MR) is 185 cm³/mol. The number of likely N-dealkylation sites (N-methyl/N-ethyl adjacent to an activating group) is 1. The van der Waals surface area contributed by atoms with Crippen LogP contribution in [0.15, 0.2) is 12.7 Å². The van der Waals surface area contributed by atoms with E-state index in [-0.39, 0.29) is 37.9 Å². The van der Waals surface area contributed by atoms with E-state index >= 15 is 0 Å². The lowest BCUT2D eigenvalue weighted by Gasteiger charge is -2.38. The van der Waals surface area contributed by atoms with Crippen molar-refractivity contribution in [2.45, 2.75) is 106 Å². The van der Waals surface area contributed by atoms with Crippen LogP contribution in [0.1, 0.15) is 81.6 Å². The van der Waals surface area contributed by atoms with Crippen molar-refractivity contribution in [3.8, 4) is 0 Å². The Balaban J connectivity index is 2.33. The fourth-order valence-electron chi connectivity index (χ4n) is 6.07. The molecule has 0 aromatic carbocycles. The van der Waals surface area contributed by atoms with Crippen molar-refractivity contribution in [1.82, 2.24) is 34.8 Å². The number of hydrogen-bond donors (Lipinski definition) is 4. The Kier molecular flexibility index (Phi) is 14.2. The molecule has 0 radical (unpaired) electrons. The average Bonchev–Trinajstić information content (AvgIpc) is 3.53. The van der Waals surface area contributed by atoms with E-state index in [2.05, 4.69) is 27.8 Å². The van der Waals surface area contributed by atoms with Crippen molar-refractivity contribution in [3.63, 3.8) is 0 Å². The van der Waals surface area contributed by atoms with E-state index in [4.69, 9.17) is 0 Å². The second-order valence-corrected chi connectivity index (χ2v) is 17.4. The average molecular weight is 698 g/mol. The van der Waals surface area contributed by atoms with E-state index in [1.807, 2.05) is 62.3 Å². The van der Waals surface area contributed by atoms with Gasteiger partial charge in [0.1, 0.15) is 12.1 Å². The number of carbonyl (C=O) groups is 5. The molecule has 0 aromatic rings. The van der Waals surface area contributed by atoms with Gasteiger partial charge in [0.25, 0.3) is 16.1 Å². The van der Waals surface area contributed by atoms with Gasteiger partial charge in [-0.1, -0.05) is 74.8 Å². The summed E-state index contributed by atoms with van der Waals surface area (Å²) in [5.41, 5.74) is -1.29. The van der Waals surface area contributed by atoms with Crippen molar-refractivity contribution in [2.24, 2.45) is 22.7 Å². The van der Waals surface area contributed by atoms with E-state index in [9.17, 15) is 32.4 Å². The molecule has 0 bridgehead atoms. The van der Waals surface area contributed by atoms with Crippen LogP contribution >= 0.6 is 0 Å². The number of carbonyl (C=O) groups excluding carboxylic acids is 5. The molecule has 0 aromatic heterocycles. The SMILES string of the molecule is C=CCNC(=O)C(=O)C(CCC)NC(=O)[C@@H]1[C@@H](C(C)C)CCN1C(=O)[C@@H](NC(=O)N[C@H](CN1CCN(C)S1(=O)=O)C(C)(C)C)C(C)(C)C. The Morgan fingerprint density at radius 1 is 0.938 bits per heavy atom. The molecule has 2 aliphatic rings. The zero-order valence-electron chi connectivity index (χ0n) is 30.5. The fourth-order valence-corrected chi connectivity index (χ4v) is 7.43. The highest BCUT2D eigenvalue weighted by Gasteiger charge is 2.48. The van der Waals surface area contributed by atoms with Crippen LogP contribution < -0.4 is 21.3 Å². The number of rotatable bonds is 14. The Hall–Kier alpha value is -3.04. The number of nitrogens with one attached hydrogen (secondary N) is 4. The Bertz CT molecular complexity index is 1310. The van der Waals surface area contributed by atoms with Crippen LogP contribution in [-0.2, 0) is 29.4 Å². The molecule has 5 amide bonds. The number of likely N-dealkylation sites (tertiary alicyclic amines) is 1. The number of urea groups is 1. The lowest BCUT2D eigenvalue weighted by molar-refractivity contribution is -0.144. The summed E-state index contributed by atoms with van der Waals surface area (Å²) in [5.74, 6) is -2.76. The topological polar surface area (TPSA) is 177 Å². The summed E-state index contributed by atoms with van der Waals surface area (Å²) in [6, 6.07) is -4.24. The Labute approximate surface area is 287 Å². The number of hydrogen-bond acceptors (Lipinski definition) is 7. The first kappa shape index (κ1) is 41.1. The van der Waals surface area contributed by atoms with Crippen molar-refractivity contribution in [3.05, 3.63) is 12.7 Å². The van der Waals surface area contributed by atoms with Crippen LogP contribution in [0.4, 0.5) is 4.79 Å². The molecule has 0 saturated carbocycles. The second kappa shape index (κ2) is 16.6. The highest BCUT2D eigenvalue weighted by Crippen LogP contribution is 2.33. The van der Waals surface area contributed by atoms with Gasteiger partial charge in [0, 0.05) is 45.8 Å². The van der Waals surface area contributed by atoms with Crippen LogP contribution in [0.2, 0.25) is 0 Å². The van der Waals surface area contributed by atoms with Gasteiger partial charge < -0.3 is 26.2 Å². The second-order valence-electron chi connectivity index (χ2n) is 15.4. The van der Waals surface area contributed by atoms with Crippen LogP contribution in [0.25, 0.3) is 0 Å². The molecule has 2 heterocycles. The minimum absolute atomic E-state index is 0.0209. The molecule has 5 atom stereocenters. The van der Waals surface area contributed by atoms with E-state index < -0.39 is 74.7 Å². The van der Waals surface area contributed by atoms with Gasteiger partial charge in [0.2, 0.25) is 17.6 Å². The molecule has 48 heavy (non-hydrogen) atoms. The summed E-state index contributed by atoms with van der Waals surface area (Å²) in [5, 5.41) is 11.0. The summed E-state index contributed by atoms with van der Waals surface area (Å²) in [4.78, 5) is 68.7. The van der Waals surface area contributed by atoms with Gasteiger partial charge >= 0.3 is 6.03 Å². The van der Waals surface area contributed by atoms with Crippen LogP contribution in [0.3, 0.4) is 0 Å². The molecule has 274 valence electrons. The molecule has 2 aliphatic heterocycles. The van der Waals surface area contributed by atoms with E-state index in [1.54, 1.807) is 0 Å². The zero-order chi connectivity index (χ0) is 36.8. The standard InChI is InChI=1S/C33H59N7O7S/c1-12-14-23(26(41)29(43)34-16-13-2)35-28(42)25-22(21(3)4)15-17-40(25)30(44)27(33(8,9)10)37-31(45)36-24(32(5,6)7)20-39-19-18-38(11)48(39,46)47/h13,21-25,27H,2,12,14-20H2,1,3-11H3,(H,34,43)(H,35,42)(H2,36,37,45)/t22-,23?,24-,25+,27-/m1/s1. The Morgan fingerprint density at radius 3 is 2.04 bits per heavy atom. The Morgan fingerprint density at radius 2 is 1.56 bits per heavy atom. The summed E-state index contributed by atoms with van der Waals surface area (Å²) in [6.45, 7) is 21.5. The first-order valence-electron chi connectivity index (χ1n) is 16.9. The molecule has 2 saturated heterocycles. The smallest absolute Gasteiger partial charge is 0.315 e. The lowest BCUT2D eigenvalue weighted by Crippen LogP contribution is -2.62. The van der Waals surface area contributed by atoms with Gasteiger partial charge in [-0.25, -0.2) is 4.79 Å². The number of amides is 5. The van der Waals surface area contributed by atoms with E-state index in [1.165, 1.54) is 26.6 Å². The highest BCUT2D eigenvalue weighted by molar-refractivity contribution is 7.87. The predicted octanol–water partition coefficient (Wildman–Crippen LogP) is 1.64. The molecule has 4 N–H and O–H groups in total. The monoisotopic (exact) mass is 697 g/mol. The van der Waals surface area contributed by atoms with Crippen molar-refractivity contribution in [1.29, 1.82) is 0 Å². The van der Waals surface area contributed by atoms with Gasteiger partial charge in [-0.2, -0.15) is 17.0 Å². The first-order valence-corrected chi connectivity index (χ1v) is 18.3. The van der Waals surface area contributed by atoms with Crippen molar-refractivity contribution < 1.29 is 32.4 Å². The third kappa shape index (κ3) is 10.2. The quantitative estimate of drug-likeness (QED) is 0.158. The molecular weight excluding hydrogens is 638 g/mol. The molecule has 15 heteroatoms. The van der Waals surface area contributed by atoms with Crippen LogP contribution in [0, 0.1) is 22.7 Å². The minimum Gasteiger partial charge on any atom is -0.346 e. The van der Waals surface area contributed by atoms with Crippen LogP contribution in [0.5, 0.6) is 0 Å². The summed E-state index contributed by atoms with van der Waals surface area (Å²) < 4.78 is 28.1. The molecule has 2 rings (SSSR count). The minimum atomic E-state index is -3.63. The summed E-state index contributed by atoms with van der Waals surface area (Å²) >= 11 is 0. The third-order valence-corrected chi connectivity index (χ3v) is 11.2. The van der Waals surface area contributed by atoms with Gasteiger partial charge in [0.15, 0.2) is 0 Å². The third-order valence-electron chi connectivity index (χ3n) is 9.20. The van der Waals surface area contributed by atoms with Crippen molar-refractivity contribution >= 4 is 39.7 Å². The largest absolute Gasteiger partial charge is 0.346 e. The molecule has 1 unspecified atom stereocenters. The normalized spacial score (nSPS) is 22.1. The molecule has 14 nitrogen and oxygen atoms in total. The van der Waals surface area contributed by atoms with Gasteiger partial charge in [-0.3, -0.25) is 19.2 Å². The maximum atomic E-state index is 14.3. The first-order chi connectivity index (χ1) is 22.1. The molecular formula is C33H59N7O7S. The van der Waals surface area contributed by atoms with Crippen LogP contribution in [-0.4, -0.2) is 115 Å². The summed E-state index contributed by atoms with van der Waals surface area (Å²) in [6.07, 6.45) is 2.78. The molecule has 0 aliphatic carbocycles. The molecule has 0 spiro atoms. The number of nitrogens with zero attached hydrogens (tertiary/aromatic N) is 3. The van der Waals surface area contributed by atoms with Crippen molar-refractivity contribution in [2.75, 3.05) is 39.8 Å². The number of ketones is 1.